The van der Waals surface area contributed by atoms with Crippen LogP contribution < -0.4 is 15.8 Å². The maximum Gasteiger partial charge on any atom is 0.256 e. The van der Waals surface area contributed by atoms with Crippen molar-refractivity contribution in [3.63, 3.8) is 0 Å². The Bertz CT molecular complexity index is 704. The van der Waals surface area contributed by atoms with E-state index in [-0.39, 0.29) is 11.7 Å². The molecule has 0 bridgehead atoms. The van der Waals surface area contributed by atoms with Gasteiger partial charge in [0.05, 0.1) is 12.8 Å². The quantitative estimate of drug-likeness (QED) is 0.827. The van der Waals surface area contributed by atoms with Crippen LogP contribution in [0.3, 0.4) is 0 Å². The van der Waals surface area contributed by atoms with Gasteiger partial charge in [-0.05, 0) is 36.8 Å². The number of amides is 1. The van der Waals surface area contributed by atoms with E-state index in [1.54, 1.807) is 19.1 Å². The summed E-state index contributed by atoms with van der Waals surface area (Å²) in [5.41, 5.74) is 7.87. The van der Waals surface area contributed by atoms with Crippen LogP contribution in [-0.2, 0) is 0 Å². The van der Waals surface area contributed by atoms with E-state index >= 15 is 0 Å². The minimum absolute atomic E-state index is 0.254. The third-order valence-electron chi connectivity index (χ3n) is 3.07. The maximum atomic E-state index is 13.1. The zero-order valence-corrected chi connectivity index (χ0v) is 13.1. The van der Waals surface area contributed by atoms with Gasteiger partial charge in [0, 0.05) is 21.8 Å². The Balaban J connectivity index is 2.35. The summed E-state index contributed by atoms with van der Waals surface area (Å²) >= 11 is 3.30. The summed E-state index contributed by atoms with van der Waals surface area (Å²) in [6.45, 7) is 1.76. The standard InChI is InChI=1S/C15H14BrFN2O2/c1-8-11(5-9(16)6-12(8)18)15(20)19-13-4-3-10(17)7-14(13)21-2/h3-7H,18H2,1-2H3,(H,19,20). The van der Waals surface area contributed by atoms with Crippen molar-refractivity contribution in [1.29, 1.82) is 0 Å². The molecule has 0 unspecified atom stereocenters. The number of carbonyl (C=O) groups is 1. The summed E-state index contributed by atoms with van der Waals surface area (Å²) in [5.74, 6) is -0.526. The van der Waals surface area contributed by atoms with Crippen LogP contribution in [0, 0.1) is 12.7 Å². The lowest BCUT2D eigenvalue weighted by Gasteiger charge is -2.13. The molecule has 4 nitrogen and oxygen atoms in total. The van der Waals surface area contributed by atoms with Crippen molar-refractivity contribution < 1.29 is 13.9 Å². The zero-order valence-electron chi connectivity index (χ0n) is 11.5. The van der Waals surface area contributed by atoms with E-state index in [9.17, 15) is 9.18 Å². The van der Waals surface area contributed by atoms with Crippen molar-refractivity contribution in [1.82, 2.24) is 0 Å². The SMILES string of the molecule is COc1cc(F)ccc1NC(=O)c1cc(Br)cc(N)c1C. The number of rotatable bonds is 3. The number of nitrogen functional groups attached to an aromatic ring is 1. The van der Waals surface area contributed by atoms with Gasteiger partial charge in [-0.15, -0.1) is 0 Å². The van der Waals surface area contributed by atoms with Gasteiger partial charge in [0.1, 0.15) is 11.6 Å². The number of anilines is 2. The molecular weight excluding hydrogens is 339 g/mol. The van der Waals surface area contributed by atoms with Gasteiger partial charge in [-0.2, -0.15) is 0 Å². The molecule has 6 heteroatoms. The summed E-state index contributed by atoms with van der Waals surface area (Å²) in [7, 11) is 1.41. The van der Waals surface area contributed by atoms with Crippen molar-refractivity contribution in [3.05, 3.63) is 51.7 Å². The van der Waals surface area contributed by atoms with Gasteiger partial charge in [0.2, 0.25) is 0 Å². The summed E-state index contributed by atoms with van der Waals surface area (Å²) in [6.07, 6.45) is 0. The maximum absolute atomic E-state index is 13.1. The van der Waals surface area contributed by atoms with Crippen LogP contribution >= 0.6 is 15.9 Å². The van der Waals surface area contributed by atoms with E-state index in [2.05, 4.69) is 21.2 Å². The Morgan fingerprint density at radius 1 is 1.33 bits per heavy atom. The fraction of sp³-hybridized carbons (Fsp3) is 0.133. The fourth-order valence-corrected chi connectivity index (χ4v) is 2.37. The van der Waals surface area contributed by atoms with E-state index in [4.69, 9.17) is 10.5 Å². The second kappa shape index (κ2) is 6.13. The summed E-state index contributed by atoms with van der Waals surface area (Å²) in [5, 5.41) is 2.69. The van der Waals surface area contributed by atoms with Crippen molar-refractivity contribution in [2.45, 2.75) is 6.92 Å². The van der Waals surface area contributed by atoms with E-state index < -0.39 is 5.82 Å². The molecule has 0 aliphatic heterocycles. The average Bonchev–Trinajstić information content (AvgIpc) is 2.44. The summed E-state index contributed by atoms with van der Waals surface area (Å²) in [4.78, 5) is 12.4. The molecule has 2 aromatic carbocycles. The van der Waals surface area contributed by atoms with Crippen molar-refractivity contribution in [3.8, 4) is 5.75 Å². The monoisotopic (exact) mass is 352 g/mol. The van der Waals surface area contributed by atoms with Crippen LogP contribution in [-0.4, -0.2) is 13.0 Å². The average molecular weight is 353 g/mol. The van der Waals surface area contributed by atoms with E-state index in [1.807, 2.05) is 0 Å². The van der Waals surface area contributed by atoms with Crippen molar-refractivity contribution >= 4 is 33.2 Å². The van der Waals surface area contributed by atoms with Gasteiger partial charge in [-0.25, -0.2) is 4.39 Å². The Kier molecular flexibility index (Phi) is 4.47. The number of nitrogens with two attached hydrogens (primary N) is 1. The fourth-order valence-electron chi connectivity index (χ4n) is 1.89. The Morgan fingerprint density at radius 3 is 2.71 bits per heavy atom. The highest BCUT2D eigenvalue weighted by Gasteiger charge is 2.14. The highest BCUT2D eigenvalue weighted by atomic mass is 79.9. The highest BCUT2D eigenvalue weighted by molar-refractivity contribution is 9.10. The largest absolute Gasteiger partial charge is 0.494 e. The Labute approximate surface area is 130 Å². The molecule has 0 aliphatic rings. The molecule has 0 aliphatic carbocycles. The molecule has 110 valence electrons. The molecule has 3 N–H and O–H groups in total. The second-order valence-corrected chi connectivity index (χ2v) is 5.38. The minimum Gasteiger partial charge on any atom is -0.494 e. The number of nitrogens with one attached hydrogen (secondary N) is 1. The van der Waals surface area contributed by atoms with E-state index in [1.165, 1.54) is 25.3 Å². The predicted molar refractivity (Wildman–Crippen MR) is 84.2 cm³/mol. The molecule has 0 spiro atoms. The summed E-state index contributed by atoms with van der Waals surface area (Å²) < 4.78 is 18.9. The number of carbonyl (C=O) groups excluding carboxylic acids is 1. The molecule has 0 saturated heterocycles. The second-order valence-electron chi connectivity index (χ2n) is 4.47. The first-order valence-corrected chi connectivity index (χ1v) is 6.92. The number of ether oxygens (including phenoxy) is 1. The number of hydrogen-bond acceptors (Lipinski definition) is 3. The molecule has 21 heavy (non-hydrogen) atoms. The lowest BCUT2D eigenvalue weighted by molar-refractivity contribution is 0.102. The van der Waals surface area contributed by atoms with Crippen LogP contribution in [0.2, 0.25) is 0 Å². The molecule has 0 aromatic heterocycles. The normalized spacial score (nSPS) is 10.3. The van der Waals surface area contributed by atoms with Crippen molar-refractivity contribution in [2.75, 3.05) is 18.2 Å². The van der Waals surface area contributed by atoms with Crippen LogP contribution in [0.5, 0.6) is 5.75 Å². The van der Waals surface area contributed by atoms with Gasteiger partial charge in [0.15, 0.2) is 0 Å². The number of benzene rings is 2. The molecule has 0 atom stereocenters. The first-order chi connectivity index (χ1) is 9.92. The van der Waals surface area contributed by atoms with Crippen LogP contribution in [0.4, 0.5) is 15.8 Å². The predicted octanol–water partition coefficient (Wildman–Crippen LogP) is 3.74. The molecule has 0 radical (unpaired) electrons. The summed E-state index contributed by atoms with van der Waals surface area (Å²) in [6, 6.07) is 7.31. The lowest BCUT2D eigenvalue weighted by atomic mass is 10.1. The van der Waals surface area contributed by atoms with Gasteiger partial charge < -0.3 is 15.8 Å². The van der Waals surface area contributed by atoms with E-state index in [0.717, 1.165) is 0 Å². The van der Waals surface area contributed by atoms with E-state index in [0.29, 0.717) is 27.0 Å². The van der Waals surface area contributed by atoms with Gasteiger partial charge in [-0.1, -0.05) is 15.9 Å². The number of methoxy groups -OCH3 is 1. The Hall–Kier alpha value is -2.08. The first-order valence-electron chi connectivity index (χ1n) is 6.13. The van der Waals surface area contributed by atoms with Crippen LogP contribution in [0.25, 0.3) is 0 Å². The molecular formula is C15H14BrFN2O2. The number of halogens is 2. The van der Waals surface area contributed by atoms with Gasteiger partial charge in [0.25, 0.3) is 5.91 Å². The molecule has 0 fully saturated rings. The highest BCUT2D eigenvalue weighted by Crippen LogP contribution is 2.27. The molecule has 0 saturated carbocycles. The molecule has 2 rings (SSSR count). The topological polar surface area (TPSA) is 64.3 Å². The Morgan fingerprint density at radius 2 is 2.05 bits per heavy atom. The van der Waals surface area contributed by atoms with Crippen LogP contribution in [0.15, 0.2) is 34.8 Å². The first kappa shape index (κ1) is 15.3. The molecule has 0 heterocycles. The third-order valence-corrected chi connectivity index (χ3v) is 3.53. The molecule has 1 amide bonds. The van der Waals surface area contributed by atoms with Crippen molar-refractivity contribution in [2.24, 2.45) is 0 Å². The lowest BCUT2D eigenvalue weighted by Crippen LogP contribution is -2.15. The minimum atomic E-state index is -0.437. The van der Waals surface area contributed by atoms with Crippen LogP contribution in [0.1, 0.15) is 15.9 Å². The third kappa shape index (κ3) is 3.33. The van der Waals surface area contributed by atoms with Gasteiger partial charge >= 0.3 is 0 Å². The molecule has 2 aromatic rings. The van der Waals surface area contributed by atoms with Gasteiger partial charge in [-0.3, -0.25) is 4.79 Å². The number of hydrogen-bond donors (Lipinski definition) is 2. The smallest absolute Gasteiger partial charge is 0.256 e. The zero-order chi connectivity index (χ0) is 15.6.